The average Bonchev–Trinajstić information content (AvgIpc) is 3.05. The van der Waals surface area contributed by atoms with Crippen molar-refractivity contribution >= 4 is 28.4 Å². The third-order valence-electron chi connectivity index (χ3n) is 5.61. The van der Waals surface area contributed by atoms with E-state index in [1.54, 1.807) is 0 Å². The van der Waals surface area contributed by atoms with Crippen LogP contribution < -0.4 is 5.32 Å². The van der Waals surface area contributed by atoms with Crippen molar-refractivity contribution in [1.82, 2.24) is 15.2 Å². The Kier molecular flexibility index (Phi) is 4.51. The number of carbonyl (C=O) groups is 1. The second kappa shape index (κ2) is 6.77. The van der Waals surface area contributed by atoms with Crippen LogP contribution in [0.2, 0.25) is 5.02 Å². The van der Waals surface area contributed by atoms with Gasteiger partial charge < -0.3 is 15.2 Å². The number of aromatic nitrogens is 1. The predicted molar refractivity (Wildman–Crippen MR) is 97.6 cm³/mol. The summed E-state index contributed by atoms with van der Waals surface area (Å²) in [6.07, 6.45) is 6.40. The number of hydrogen-bond acceptors (Lipinski definition) is 2. The van der Waals surface area contributed by atoms with Crippen molar-refractivity contribution < 1.29 is 4.79 Å². The quantitative estimate of drug-likeness (QED) is 0.888. The summed E-state index contributed by atoms with van der Waals surface area (Å²) in [6.45, 7) is 3.23. The number of fused-ring (bicyclic) bond motifs is 2. The average molecular weight is 346 g/mol. The molecule has 4 nitrogen and oxygen atoms in total. The van der Waals surface area contributed by atoms with Crippen LogP contribution in [-0.2, 0) is 0 Å². The molecule has 1 aromatic carbocycles. The number of halogens is 1. The highest BCUT2D eigenvalue weighted by Crippen LogP contribution is 2.30. The molecule has 2 aliphatic rings. The Balaban J connectivity index is 1.42. The second-order valence-corrected chi connectivity index (χ2v) is 7.50. The molecule has 0 saturated carbocycles. The molecule has 1 aromatic heterocycles. The number of hydrogen-bond donors (Lipinski definition) is 2. The highest BCUT2D eigenvalue weighted by atomic mass is 35.5. The number of benzene rings is 1. The fraction of sp³-hybridized carbons (Fsp3) is 0.526. The van der Waals surface area contributed by atoms with Crippen LogP contribution in [0.25, 0.3) is 10.9 Å². The molecule has 0 aliphatic carbocycles. The maximum Gasteiger partial charge on any atom is 0.267 e. The summed E-state index contributed by atoms with van der Waals surface area (Å²) in [5.74, 6) is 0.547. The first-order valence-electron chi connectivity index (χ1n) is 9.02. The number of nitrogens with one attached hydrogen (secondary N) is 2. The highest BCUT2D eigenvalue weighted by molar-refractivity contribution is 6.35. The molecule has 0 radical (unpaired) electrons. The minimum Gasteiger partial charge on any atom is -0.350 e. The van der Waals surface area contributed by atoms with E-state index in [1.165, 1.54) is 45.2 Å². The van der Waals surface area contributed by atoms with Crippen molar-refractivity contribution in [2.24, 2.45) is 5.92 Å². The summed E-state index contributed by atoms with van der Waals surface area (Å²) in [5.41, 5.74) is 1.50. The Labute approximate surface area is 147 Å². The molecule has 5 heteroatoms. The van der Waals surface area contributed by atoms with E-state index in [4.69, 9.17) is 11.6 Å². The van der Waals surface area contributed by atoms with Crippen LogP contribution in [0.15, 0.2) is 24.3 Å². The summed E-state index contributed by atoms with van der Waals surface area (Å²) >= 11 is 6.19. The first kappa shape index (κ1) is 16.0. The smallest absolute Gasteiger partial charge is 0.267 e. The van der Waals surface area contributed by atoms with Crippen molar-refractivity contribution in [2.45, 2.75) is 38.1 Å². The van der Waals surface area contributed by atoms with Gasteiger partial charge in [0.15, 0.2) is 0 Å². The van der Waals surface area contributed by atoms with Gasteiger partial charge in [0.05, 0.1) is 0 Å². The van der Waals surface area contributed by atoms with Crippen molar-refractivity contribution in [3.05, 3.63) is 35.0 Å². The normalized spacial score (nSPS) is 24.7. The van der Waals surface area contributed by atoms with Crippen molar-refractivity contribution in [2.75, 3.05) is 19.6 Å². The van der Waals surface area contributed by atoms with Crippen LogP contribution in [0.5, 0.6) is 0 Å². The zero-order chi connectivity index (χ0) is 16.5. The van der Waals surface area contributed by atoms with E-state index in [9.17, 15) is 4.79 Å². The van der Waals surface area contributed by atoms with Crippen LogP contribution >= 0.6 is 11.6 Å². The van der Waals surface area contributed by atoms with Gasteiger partial charge in [-0.15, -0.1) is 0 Å². The monoisotopic (exact) mass is 345 g/mol. The number of amides is 1. The molecule has 0 unspecified atom stereocenters. The maximum absolute atomic E-state index is 12.5. The summed E-state index contributed by atoms with van der Waals surface area (Å²) in [7, 11) is 0. The fourth-order valence-corrected chi connectivity index (χ4v) is 4.60. The number of rotatable bonds is 3. The lowest BCUT2D eigenvalue weighted by Gasteiger charge is -2.44. The van der Waals surface area contributed by atoms with Gasteiger partial charge in [0.2, 0.25) is 0 Å². The van der Waals surface area contributed by atoms with Gasteiger partial charge >= 0.3 is 0 Å². The van der Waals surface area contributed by atoms with E-state index in [-0.39, 0.29) is 5.91 Å². The molecule has 24 heavy (non-hydrogen) atoms. The molecule has 2 N–H and O–H groups in total. The number of carbonyl (C=O) groups excluding carboxylic acids is 1. The summed E-state index contributed by atoms with van der Waals surface area (Å²) in [4.78, 5) is 18.3. The molecule has 2 aromatic rings. The largest absolute Gasteiger partial charge is 0.350 e. The summed E-state index contributed by atoms with van der Waals surface area (Å²) in [6, 6.07) is 8.19. The third-order valence-corrected chi connectivity index (χ3v) is 5.94. The molecule has 0 spiro atoms. The van der Waals surface area contributed by atoms with E-state index >= 15 is 0 Å². The van der Waals surface area contributed by atoms with Crippen LogP contribution in [0, 0.1) is 5.92 Å². The van der Waals surface area contributed by atoms with Gasteiger partial charge in [0, 0.05) is 28.5 Å². The third kappa shape index (κ3) is 3.05. The SMILES string of the molecule is O=C(NC[C@H]1CCCN2CCCC[C@@H]12)c1cc2c(Cl)cccc2[nH]1. The van der Waals surface area contributed by atoms with Gasteiger partial charge in [-0.25, -0.2) is 0 Å². The first-order chi connectivity index (χ1) is 11.7. The van der Waals surface area contributed by atoms with Crippen LogP contribution in [-0.4, -0.2) is 41.5 Å². The first-order valence-corrected chi connectivity index (χ1v) is 9.39. The molecular weight excluding hydrogens is 322 g/mol. The fourth-order valence-electron chi connectivity index (χ4n) is 4.37. The molecule has 2 aliphatic heterocycles. The van der Waals surface area contributed by atoms with Crippen LogP contribution in [0.4, 0.5) is 0 Å². The van der Waals surface area contributed by atoms with Crippen molar-refractivity contribution in [1.29, 1.82) is 0 Å². The molecule has 3 heterocycles. The molecule has 1 amide bonds. The number of aromatic amines is 1. The Hall–Kier alpha value is -1.52. The van der Waals surface area contributed by atoms with Crippen LogP contribution in [0.1, 0.15) is 42.6 Å². The Morgan fingerprint density at radius 1 is 1.25 bits per heavy atom. The molecular formula is C19H24ClN3O. The van der Waals surface area contributed by atoms with Gasteiger partial charge in [-0.2, -0.15) is 0 Å². The lowest BCUT2D eigenvalue weighted by molar-refractivity contribution is 0.0575. The summed E-state index contributed by atoms with van der Waals surface area (Å²) in [5, 5.41) is 4.72. The van der Waals surface area contributed by atoms with Gasteiger partial charge in [-0.05, 0) is 62.9 Å². The number of nitrogens with zero attached hydrogens (tertiary/aromatic N) is 1. The van der Waals surface area contributed by atoms with Gasteiger partial charge in [0.25, 0.3) is 5.91 Å². The zero-order valence-corrected chi connectivity index (χ0v) is 14.6. The van der Waals surface area contributed by atoms with Crippen LogP contribution in [0.3, 0.4) is 0 Å². The van der Waals surface area contributed by atoms with Gasteiger partial charge in [-0.1, -0.05) is 24.1 Å². The Morgan fingerprint density at radius 3 is 3.00 bits per heavy atom. The van der Waals surface area contributed by atoms with Gasteiger partial charge in [-0.3, -0.25) is 4.79 Å². The van der Waals surface area contributed by atoms with E-state index in [2.05, 4.69) is 15.2 Å². The highest BCUT2D eigenvalue weighted by Gasteiger charge is 2.33. The Morgan fingerprint density at radius 2 is 2.12 bits per heavy atom. The molecule has 2 atom stereocenters. The van der Waals surface area contributed by atoms with Crippen molar-refractivity contribution in [3.63, 3.8) is 0 Å². The van der Waals surface area contributed by atoms with Crippen molar-refractivity contribution in [3.8, 4) is 0 Å². The predicted octanol–water partition coefficient (Wildman–Crippen LogP) is 3.82. The lowest BCUT2D eigenvalue weighted by Crippen LogP contribution is -2.51. The second-order valence-electron chi connectivity index (χ2n) is 7.10. The van der Waals surface area contributed by atoms with E-state index in [0.29, 0.717) is 22.7 Å². The standard InChI is InChI=1S/C19H24ClN3O/c20-15-6-3-7-16-14(15)11-17(22-16)19(24)21-12-13-5-4-10-23-9-2-1-8-18(13)23/h3,6-7,11,13,18,22H,1-2,4-5,8-10,12H2,(H,21,24)/t13-,18+/m1/s1. The molecule has 4 rings (SSSR count). The lowest BCUT2D eigenvalue weighted by atomic mass is 9.83. The molecule has 2 fully saturated rings. The number of piperidine rings is 2. The van der Waals surface area contributed by atoms with E-state index in [1.807, 2.05) is 24.3 Å². The minimum absolute atomic E-state index is 0.0322. The van der Waals surface area contributed by atoms with Gasteiger partial charge in [0.1, 0.15) is 5.69 Å². The molecule has 0 bridgehead atoms. The van der Waals surface area contributed by atoms with E-state index in [0.717, 1.165) is 17.4 Å². The Bertz CT molecular complexity index is 739. The molecule has 2 saturated heterocycles. The van der Waals surface area contributed by atoms with E-state index < -0.39 is 0 Å². The summed E-state index contributed by atoms with van der Waals surface area (Å²) < 4.78 is 0. The zero-order valence-electron chi connectivity index (χ0n) is 13.9. The number of H-pyrrole nitrogens is 1. The minimum atomic E-state index is -0.0322. The molecule has 128 valence electrons. The maximum atomic E-state index is 12.5. The topological polar surface area (TPSA) is 48.1 Å².